The second-order valence-corrected chi connectivity index (χ2v) is 35.1. The standard InChI is InChI=1S/C20H22N2O3.C19H19BrN2O3.C19H15N3OS.2C19H20N2O4.C17H11N3OS/c1-5-23-17-10-9-16(12-18(17)24-6-2)20-21-19(22-25-20)15-8-7-13(3)14(4)11-15;1-4-23-16-9-7-14(11-17(16)24-5-2)19-21-18(22-25-19)13-6-8-15(20)12(3)10-13;1-12-11-20-9-8-15(12)18-21-19(23-22-18)17-10-16(13(2)24-17)14-6-4-3-5-7-14;1-3-23-16-10-9-15(11-17(16)24-4-2)19-20-18(21-25-19)14-7-5-13(12-22)6-8-14;1-3-23-16-9-8-15(11-17(16)24-4-2)19-20-18(21-25-19)14-7-5-6-13(10-14)12-22;1-3-13(15-5-2-10-22-15)11-14(4-1)17-19-16(20-21-17)12-6-8-18-9-7-12/h7-12H,5-6H2,1-4H3;6-11H,4-5H2,1-3H3;3-11H,1-2H3;2*5-11,22H,3-4,12H2,1-2H3;1-11H. The predicted molar refractivity (Wildman–Crippen MR) is 566 cm³/mol. The molecule has 0 saturated carbocycles. The van der Waals surface area contributed by atoms with Crippen LogP contribution in [0.4, 0.5) is 0 Å². The molecule has 2 N–H and O–H groups in total. The van der Waals surface area contributed by atoms with Gasteiger partial charge in [-0.25, -0.2) is 0 Å². The van der Waals surface area contributed by atoms with E-state index in [1.807, 2.05) is 269 Å². The molecule has 20 aromatic rings. The lowest BCUT2D eigenvalue weighted by atomic mass is 10.1. The van der Waals surface area contributed by atoms with Crippen molar-refractivity contribution in [1.29, 1.82) is 0 Å². The minimum atomic E-state index is -0.0326. The van der Waals surface area contributed by atoms with Crippen LogP contribution in [0.3, 0.4) is 0 Å². The Hall–Kier alpha value is -16.5. The molecule has 0 radical (unpaired) electrons. The second-order valence-electron chi connectivity index (χ2n) is 32.1. The van der Waals surface area contributed by atoms with E-state index in [2.05, 4.69) is 161 Å². The van der Waals surface area contributed by atoms with Crippen LogP contribution in [0.1, 0.15) is 93.6 Å². The number of halogens is 1. The number of aromatic nitrogens is 14. The summed E-state index contributed by atoms with van der Waals surface area (Å²) in [6.45, 7) is 30.1. The van der Waals surface area contributed by atoms with Crippen molar-refractivity contribution < 1.29 is 75.2 Å². The Labute approximate surface area is 860 Å². The Morgan fingerprint density at radius 1 is 0.267 bits per heavy atom. The Bertz CT molecular complexity index is 7450. The maximum Gasteiger partial charge on any atom is 0.268 e. The first-order chi connectivity index (χ1) is 71.3. The van der Waals surface area contributed by atoms with Crippen molar-refractivity contribution >= 4 is 38.6 Å². The second kappa shape index (κ2) is 51.5. The molecule has 0 spiro atoms. The van der Waals surface area contributed by atoms with E-state index in [0.29, 0.717) is 169 Å². The molecule has 0 saturated heterocycles. The Morgan fingerprint density at radius 2 is 0.644 bits per heavy atom. The Morgan fingerprint density at radius 3 is 1.09 bits per heavy atom. The summed E-state index contributed by atoms with van der Waals surface area (Å²) in [5.74, 6) is 11.4. The molecule has 33 heteroatoms. The fourth-order valence-electron chi connectivity index (χ4n) is 14.7. The van der Waals surface area contributed by atoms with Crippen LogP contribution < -0.4 is 37.9 Å². The van der Waals surface area contributed by atoms with E-state index in [1.165, 1.54) is 32.0 Å². The Balaban J connectivity index is 0.000000132. The fourth-order valence-corrected chi connectivity index (χ4v) is 16.6. The van der Waals surface area contributed by atoms with Crippen LogP contribution in [0.5, 0.6) is 46.0 Å². The minimum absolute atomic E-state index is 0.00413. The molecule has 10 aromatic heterocycles. The van der Waals surface area contributed by atoms with Crippen molar-refractivity contribution in [3.05, 3.63) is 322 Å². The van der Waals surface area contributed by atoms with Gasteiger partial charge in [-0.05, 0) is 291 Å². The first-order valence-electron chi connectivity index (χ1n) is 47.3. The monoisotopic (exact) mass is 2060 g/mol. The average Bonchev–Trinajstić information content (AvgIpc) is 1.67. The number of aryl methyl sites for hydroxylation is 5. The lowest BCUT2D eigenvalue weighted by Gasteiger charge is -2.11. The van der Waals surface area contributed by atoms with Gasteiger partial charge in [0.05, 0.1) is 70.9 Å². The third-order valence-electron chi connectivity index (χ3n) is 22.0. The van der Waals surface area contributed by atoms with Crippen molar-refractivity contribution in [2.45, 2.75) is 103 Å². The van der Waals surface area contributed by atoms with Gasteiger partial charge in [0.1, 0.15) is 0 Å². The number of ether oxygens (including phenoxy) is 8. The fraction of sp³-hybridized carbons (Fsp3) is 0.204. The first kappa shape index (κ1) is 104. The van der Waals surface area contributed by atoms with Crippen LogP contribution in [0, 0.1) is 34.6 Å². The first-order valence-corrected chi connectivity index (χ1v) is 49.8. The number of rotatable bonds is 32. The predicted octanol–water partition coefficient (Wildman–Crippen LogP) is 27.1. The summed E-state index contributed by atoms with van der Waals surface area (Å²) in [7, 11) is 0. The molecule has 0 aliphatic carbocycles. The maximum absolute atomic E-state index is 9.25. The summed E-state index contributed by atoms with van der Waals surface area (Å²) in [4.78, 5) is 38.5. The average molecular weight is 2060 g/mol. The van der Waals surface area contributed by atoms with Crippen LogP contribution in [0.25, 0.3) is 158 Å². The number of aliphatic hydroxyl groups is 2. The number of hydrogen-bond acceptors (Lipinski definition) is 32. The quantitative estimate of drug-likeness (QED) is 0.0395. The zero-order valence-electron chi connectivity index (χ0n) is 82.7. The van der Waals surface area contributed by atoms with E-state index >= 15 is 0 Å². The maximum atomic E-state index is 9.25. The molecule has 0 aliphatic heterocycles. The molecule has 0 bridgehead atoms. The highest BCUT2D eigenvalue weighted by Crippen LogP contribution is 2.42. The molecule has 0 fully saturated rings. The van der Waals surface area contributed by atoms with Gasteiger partial charge in [0, 0.05) is 100 Å². The van der Waals surface area contributed by atoms with Gasteiger partial charge < -0.3 is 75.2 Å². The molecule has 0 unspecified atom stereocenters. The van der Waals surface area contributed by atoms with Gasteiger partial charge in [0.15, 0.2) is 46.0 Å². The molecule has 0 amide bonds. The van der Waals surface area contributed by atoms with Crippen LogP contribution >= 0.6 is 38.6 Å². The number of nitrogens with zero attached hydrogens (tertiary/aromatic N) is 14. The summed E-state index contributed by atoms with van der Waals surface area (Å²) >= 11 is 6.87. The van der Waals surface area contributed by atoms with E-state index in [0.717, 1.165) is 98.4 Å². The normalized spacial score (nSPS) is 10.7. The number of hydrogen-bond donors (Lipinski definition) is 2. The highest BCUT2D eigenvalue weighted by molar-refractivity contribution is 9.10. The number of pyridine rings is 2. The summed E-state index contributed by atoms with van der Waals surface area (Å²) in [5, 5.41) is 44.9. The Kier molecular flexibility index (Phi) is 36.6. The molecule has 20 rings (SSSR count). The van der Waals surface area contributed by atoms with Crippen LogP contribution in [-0.4, -0.2) is 134 Å². The van der Waals surface area contributed by atoms with E-state index in [4.69, 9.17) is 70.1 Å². The molecule has 10 heterocycles. The van der Waals surface area contributed by atoms with E-state index < -0.39 is 0 Å². The van der Waals surface area contributed by atoms with E-state index in [9.17, 15) is 5.11 Å². The summed E-state index contributed by atoms with van der Waals surface area (Å²) in [5.41, 5.74) is 19.1. The third kappa shape index (κ3) is 26.9. The van der Waals surface area contributed by atoms with Gasteiger partial charge in [-0.1, -0.05) is 150 Å². The van der Waals surface area contributed by atoms with Gasteiger partial charge >= 0.3 is 0 Å². The molecular weight excluding hydrogens is 1950 g/mol. The van der Waals surface area contributed by atoms with Crippen molar-refractivity contribution in [3.8, 4) is 204 Å². The van der Waals surface area contributed by atoms with Crippen LogP contribution in [0.15, 0.2) is 310 Å². The van der Waals surface area contributed by atoms with Crippen molar-refractivity contribution in [2.75, 3.05) is 52.9 Å². The molecule has 0 aliphatic rings. The van der Waals surface area contributed by atoms with Gasteiger partial charge in [0.25, 0.3) is 35.3 Å². The highest BCUT2D eigenvalue weighted by atomic mass is 79.9. The topological polar surface area (TPSA) is 374 Å². The smallest absolute Gasteiger partial charge is 0.268 e. The van der Waals surface area contributed by atoms with E-state index in [-0.39, 0.29) is 13.2 Å². The van der Waals surface area contributed by atoms with Crippen LogP contribution in [-0.2, 0) is 13.2 Å². The molecule has 10 aromatic carbocycles. The molecule has 30 nitrogen and oxygen atoms in total. The number of benzene rings is 10. The van der Waals surface area contributed by atoms with Crippen molar-refractivity contribution in [2.24, 2.45) is 0 Å². The lowest BCUT2D eigenvalue weighted by molar-refractivity contribution is 0.281. The van der Waals surface area contributed by atoms with Gasteiger partial charge in [-0.15, -0.1) is 22.7 Å². The zero-order chi connectivity index (χ0) is 102. The number of thiophene rings is 2. The summed E-state index contributed by atoms with van der Waals surface area (Å²) in [6, 6.07) is 79.4. The molecule has 744 valence electrons. The SMILES string of the molecule is CCOc1ccc(-c2nc(-c3ccc(Br)c(C)c3)no2)cc1OCC.CCOc1ccc(-c2nc(-c3ccc(C)c(C)c3)no2)cc1OCC.CCOc1ccc(-c2nc(-c3ccc(CO)cc3)no2)cc1OCC.CCOc1ccc(-c2nc(-c3cccc(CO)c3)no2)cc1OCC.Cc1cnccc1-c1noc(-c2cc(-c3ccccc3)c(C)s2)n1.c1cc(-c2nc(-c3ccncc3)no2)cc(-c2cccs2)c1. The molecule has 0 atom stereocenters. The zero-order valence-corrected chi connectivity index (χ0v) is 85.9. The minimum Gasteiger partial charge on any atom is -0.490 e. The lowest BCUT2D eigenvalue weighted by Crippen LogP contribution is -1.98. The third-order valence-corrected chi connectivity index (χ3v) is 24.8. The van der Waals surface area contributed by atoms with Crippen molar-refractivity contribution in [3.63, 3.8) is 0 Å². The van der Waals surface area contributed by atoms with Gasteiger partial charge in [-0.2, -0.15) is 29.9 Å². The molecular formula is C113H107BrN14O16S2. The highest BCUT2D eigenvalue weighted by Gasteiger charge is 2.24. The van der Waals surface area contributed by atoms with Crippen LogP contribution in [0.2, 0.25) is 0 Å². The van der Waals surface area contributed by atoms with Crippen molar-refractivity contribution in [1.82, 2.24) is 70.8 Å². The van der Waals surface area contributed by atoms with Gasteiger partial charge in [-0.3, -0.25) is 9.97 Å². The largest absolute Gasteiger partial charge is 0.490 e. The van der Waals surface area contributed by atoms with Gasteiger partial charge in [0.2, 0.25) is 34.9 Å². The molecule has 146 heavy (non-hydrogen) atoms. The summed E-state index contributed by atoms with van der Waals surface area (Å²) in [6.07, 6.45) is 6.96. The van der Waals surface area contributed by atoms with E-state index in [1.54, 1.807) is 47.5 Å². The number of aliphatic hydroxyl groups excluding tert-OH is 2. The summed E-state index contributed by atoms with van der Waals surface area (Å²) < 4.78 is 78.5.